The van der Waals surface area contributed by atoms with Crippen molar-refractivity contribution in [1.82, 2.24) is 15.1 Å². The van der Waals surface area contributed by atoms with E-state index in [1.54, 1.807) is 0 Å². The van der Waals surface area contributed by atoms with Crippen LogP contribution < -0.4 is 5.32 Å². The van der Waals surface area contributed by atoms with Crippen molar-refractivity contribution in [2.75, 3.05) is 13.2 Å². The largest absolute Gasteiger partial charge is 0.490 e. The number of hydrogen-bond acceptors (Lipinski definition) is 6. The SMILES string of the molecule is Cc1ccc(CNCC2OCCc3cn(C)nc32)o1.O=C(O)C(F)(F)F.O=C(O)C(F)(F)F. The summed E-state index contributed by atoms with van der Waals surface area (Å²) in [6.45, 7) is 4.19. The molecule has 1 aliphatic heterocycles. The van der Waals surface area contributed by atoms with Gasteiger partial charge in [-0.05, 0) is 31.0 Å². The number of aryl methyl sites for hydroxylation is 2. The smallest absolute Gasteiger partial charge is 0.475 e. The molecular formula is C18H21F6N3O6. The first-order valence-electron chi connectivity index (χ1n) is 9.11. The highest BCUT2D eigenvalue weighted by Gasteiger charge is 2.38. The standard InChI is InChI=1S/C14H19N3O2.2C2HF3O2/c1-10-3-4-12(19-10)7-15-8-13-14-11(5-6-18-13)9-17(2)16-14;2*3-2(4,5)1(6)7/h3-4,9,13,15H,5-8H2,1-2H3;2*(H,6,7). The average Bonchev–Trinajstić information content (AvgIpc) is 3.26. The maximum absolute atomic E-state index is 10.6. The van der Waals surface area contributed by atoms with Gasteiger partial charge in [-0.25, -0.2) is 9.59 Å². The van der Waals surface area contributed by atoms with Gasteiger partial charge in [0.2, 0.25) is 0 Å². The van der Waals surface area contributed by atoms with Crippen LogP contribution in [0, 0.1) is 6.92 Å². The van der Waals surface area contributed by atoms with E-state index in [-0.39, 0.29) is 6.10 Å². The van der Waals surface area contributed by atoms with Gasteiger partial charge in [-0.2, -0.15) is 31.4 Å². The van der Waals surface area contributed by atoms with Gasteiger partial charge in [0.1, 0.15) is 17.6 Å². The molecule has 0 amide bonds. The Morgan fingerprint density at radius 1 is 1.15 bits per heavy atom. The predicted octanol–water partition coefficient (Wildman–Crippen LogP) is 2.99. The van der Waals surface area contributed by atoms with Crippen LogP contribution in [0.3, 0.4) is 0 Å². The number of carboxylic acids is 2. The molecule has 0 bridgehead atoms. The third-order valence-corrected chi connectivity index (χ3v) is 3.84. The quantitative estimate of drug-likeness (QED) is 0.560. The van der Waals surface area contributed by atoms with E-state index in [1.807, 2.05) is 30.8 Å². The lowest BCUT2D eigenvalue weighted by molar-refractivity contribution is -0.193. The molecule has 1 unspecified atom stereocenters. The zero-order valence-electron chi connectivity index (χ0n) is 17.3. The topological polar surface area (TPSA) is 127 Å². The second-order valence-electron chi connectivity index (χ2n) is 6.57. The van der Waals surface area contributed by atoms with Crippen molar-refractivity contribution in [2.45, 2.75) is 38.3 Å². The number of alkyl halides is 6. The maximum Gasteiger partial charge on any atom is 0.490 e. The molecule has 33 heavy (non-hydrogen) atoms. The van der Waals surface area contributed by atoms with E-state index in [0.717, 1.165) is 43.3 Å². The van der Waals surface area contributed by atoms with Gasteiger partial charge >= 0.3 is 24.3 Å². The second-order valence-corrected chi connectivity index (χ2v) is 6.57. The van der Waals surface area contributed by atoms with E-state index in [4.69, 9.17) is 29.0 Å². The fourth-order valence-electron chi connectivity index (χ4n) is 2.47. The Morgan fingerprint density at radius 3 is 2.15 bits per heavy atom. The molecule has 3 N–H and O–H groups in total. The van der Waals surface area contributed by atoms with Crippen molar-refractivity contribution < 1.29 is 55.3 Å². The number of nitrogens with one attached hydrogen (secondary N) is 1. The van der Waals surface area contributed by atoms with E-state index in [0.29, 0.717) is 0 Å². The Morgan fingerprint density at radius 2 is 1.70 bits per heavy atom. The molecule has 1 atom stereocenters. The fourth-order valence-corrected chi connectivity index (χ4v) is 2.47. The fraction of sp³-hybridized carbons (Fsp3) is 0.500. The lowest BCUT2D eigenvalue weighted by atomic mass is 10.1. The van der Waals surface area contributed by atoms with Crippen molar-refractivity contribution in [1.29, 1.82) is 0 Å². The molecule has 9 nitrogen and oxygen atoms in total. The maximum atomic E-state index is 10.6. The first-order valence-corrected chi connectivity index (χ1v) is 9.11. The molecule has 15 heteroatoms. The first-order chi connectivity index (χ1) is 15.1. The lowest BCUT2D eigenvalue weighted by Gasteiger charge is -2.22. The number of aromatic nitrogens is 2. The molecule has 0 aliphatic carbocycles. The van der Waals surface area contributed by atoms with Crippen LogP contribution in [0.5, 0.6) is 0 Å². The molecule has 0 fully saturated rings. The van der Waals surface area contributed by atoms with Crippen LogP contribution in [-0.4, -0.2) is 57.4 Å². The van der Waals surface area contributed by atoms with Gasteiger partial charge in [0, 0.05) is 19.8 Å². The minimum absolute atomic E-state index is 0.0426. The molecule has 0 saturated heterocycles. The number of aliphatic carboxylic acids is 2. The summed E-state index contributed by atoms with van der Waals surface area (Å²) in [5.41, 5.74) is 2.37. The number of hydrogen-bond donors (Lipinski definition) is 3. The van der Waals surface area contributed by atoms with E-state index in [2.05, 4.69) is 16.6 Å². The molecule has 0 aromatic carbocycles. The Balaban J connectivity index is 0.000000324. The first kappa shape index (κ1) is 28.0. The van der Waals surface area contributed by atoms with Gasteiger partial charge in [0.15, 0.2) is 0 Å². The molecule has 3 rings (SSSR count). The number of fused-ring (bicyclic) bond motifs is 1. The van der Waals surface area contributed by atoms with Crippen LogP contribution in [0.1, 0.15) is 28.9 Å². The van der Waals surface area contributed by atoms with Gasteiger partial charge < -0.3 is 24.7 Å². The molecule has 1 aliphatic rings. The molecule has 186 valence electrons. The average molecular weight is 489 g/mol. The number of rotatable bonds is 4. The van der Waals surface area contributed by atoms with Crippen LogP contribution in [0.2, 0.25) is 0 Å². The summed E-state index contributed by atoms with van der Waals surface area (Å²) in [5.74, 6) is -3.62. The van der Waals surface area contributed by atoms with Crippen LogP contribution in [0.25, 0.3) is 0 Å². The third-order valence-electron chi connectivity index (χ3n) is 3.84. The molecule has 3 heterocycles. The van der Waals surface area contributed by atoms with Crippen LogP contribution in [-0.2, 0) is 34.3 Å². The van der Waals surface area contributed by atoms with Crippen LogP contribution >= 0.6 is 0 Å². The number of carbonyl (C=O) groups is 2. The summed E-state index contributed by atoms with van der Waals surface area (Å²) < 4.78 is 76.7. The van der Waals surface area contributed by atoms with Crippen LogP contribution in [0.15, 0.2) is 22.7 Å². The number of carboxylic acid groups (broad SMARTS) is 2. The second kappa shape index (κ2) is 11.7. The van der Waals surface area contributed by atoms with Crippen molar-refractivity contribution in [3.8, 4) is 0 Å². The summed E-state index contributed by atoms with van der Waals surface area (Å²) in [6, 6.07) is 3.97. The van der Waals surface area contributed by atoms with Crippen molar-refractivity contribution in [3.05, 3.63) is 41.1 Å². The number of furan rings is 1. The van der Waals surface area contributed by atoms with Gasteiger partial charge in [-0.3, -0.25) is 4.68 Å². The van der Waals surface area contributed by atoms with Gasteiger partial charge in [0.25, 0.3) is 0 Å². The Hall–Kier alpha value is -3.07. The monoisotopic (exact) mass is 489 g/mol. The molecule has 0 spiro atoms. The zero-order valence-corrected chi connectivity index (χ0v) is 17.3. The van der Waals surface area contributed by atoms with Gasteiger partial charge in [-0.15, -0.1) is 0 Å². The normalized spacial score (nSPS) is 15.5. The highest BCUT2D eigenvalue weighted by molar-refractivity contribution is 5.73. The van der Waals surface area contributed by atoms with Crippen molar-refractivity contribution in [2.24, 2.45) is 7.05 Å². The van der Waals surface area contributed by atoms with Crippen molar-refractivity contribution in [3.63, 3.8) is 0 Å². The third kappa shape index (κ3) is 9.95. The highest BCUT2D eigenvalue weighted by atomic mass is 19.4. The van der Waals surface area contributed by atoms with E-state index in [1.165, 1.54) is 5.56 Å². The van der Waals surface area contributed by atoms with Gasteiger partial charge in [-0.1, -0.05) is 0 Å². The summed E-state index contributed by atoms with van der Waals surface area (Å²) in [4.78, 5) is 17.8. The predicted molar refractivity (Wildman–Crippen MR) is 98.1 cm³/mol. The zero-order chi connectivity index (χ0) is 25.4. The molecule has 0 radical (unpaired) electrons. The Kier molecular flexibility index (Phi) is 9.91. The lowest BCUT2D eigenvalue weighted by Crippen LogP contribution is -2.27. The highest BCUT2D eigenvalue weighted by Crippen LogP contribution is 2.24. The number of halogens is 6. The van der Waals surface area contributed by atoms with E-state index >= 15 is 0 Å². The molecule has 0 saturated carbocycles. The molecule has 2 aromatic heterocycles. The summed E-state index contributed by atoms with van der Waals surface area (Å²) >= 11 is 0. The van der Waals surface area contributed by atoms with Crippen LogP contribution in [0.4, 0.5) is 26.3 Å². The number of nitrogens with zero attached hydrogens (tertiary/aromatic N) is 2. The van der Waals surface area contributed by atoms with E-state index < -0.39 is 24.3 Å². The summed E-state index contributed by atoms with van der Waals surface area (Å²) in [7, 11) is 1.95. The molecule has 2 aromatic rings. The minimum atomic E-state index is -5.08. The summed E-state index contributed by atoms with van der Waals surface area (Å²) in [6.07, 6.45) is -7.08. The Labute approximate surface area is 182 Å². The number of ether oxygens (including phenoxy) is 1. The molecular weight excluding hydrogens is 468 g/mol. The Bertz CT molecular complexity index is 898. The van der Waals surface area contributed by atoms with Gasteiger partial charge in [0.05, 0.1) is 18.8 Å². The summed E-state index contributed by atoms with van der Waals surface area (Å²) in [5, 5.41) is 22.1. The van der Waals surface area contributed by atoms with Crippen molar-refractivity contribution >= 4 is 11.9 Å². The van der Waals surface area contributed by atoms with E-state index in [9.17, 15) is 26.3 Å². The minimum Gasteiger partial charge on any atom is -0.475 e.